The van der Waals surface area contributed by atoms with Crippen molar-refractivity contribution < 1.29 is 43.9 Å². The van der Waals surface area contributed by atoms with Crippen LogP contribution in [0.15, 0.2) is 36.5 Å². The minimum absolute atomic E-state index is 0.0806. The van der Waals surface area contributed by atoms with Crippen LogP contribution in [0.25, 0.3) is 0 Å². The van der Waals surface area contributed by atoms with Crippen molar-refractivity contribution >= 4 is 17.9 Å². The maximum absolute atomic E-state index is 12.8. The molecule has 0 unspecified atom stereocenters. The number of hydrogen-bond acceptors (Lipinski definition) is 9. The largest absolute Gasteiger partial charge is 0.462 e. The Labute approximate surface area is 425 Å². The van der Waals surface area contributed by atoms with E-state index < -0.39 is 12.2 Å². The van der Waals surface area contributed by atoms with Crippen LogP contribution in [0.2, 0.25) is 0 Å². The molecule has 0 fully saturated rings. The molecule has 0 heterocycles. The van der Waals surface area contributed by atoms with Gasteiger partial charge in [0.1, 0.15) is 19.3 Å². The first-order valence-electron chi connectivity index (χ1n) is 29.2. The number of hydrogen-bond donors (Lipinski definition) is 3. The number of allylic oxidation sites excluding steroid dienone is 6. The van der Waals surface area contributed by atoms with Gasteiger partial charge < -0.3 is 29.5 Å². The number of aliphatic hydroxyl groups excluding tert-OH is 3. The minimum atomic E-state index is -0.954. The molecule has 0 atom stereocenters. The molecule has 0 saturated carbocycles. The highest BCUT2D eigenvalue weighted by Crippen LogP contribution is 2.15. The second kappa shape index (κ2) is 59.8. The molecule has 9 heteroatoms. The van der Waals surface area contributed by atoms with Crippen LogP contribution in [0.3, 0.4) is 0 Å². The van der Waals surface area contributed by atoms with Gasteiger partial charge in [-0.3, -0.25) is 14.4 Å². The summed E-state index contributed by atoms with van der Waals surface area (Å²) in [7, 11) is 0. The number of ether oxygens (including phenoxy) is 3. The summed E-state index contributed by atoms with van der Waals surface area (Å²) in [4.78, 5) is 38.0. The topological polar surface area (TPSA) is 140 Å². The average Bonchev–Trinajstić information content (AvgIpc) is 3.35. The zero-order valence-corrected chi connectivity index (χ0v) is 45.4. The number of carbonyl (C=O) groups is 3. The molecule has 406 valence electrons. The Bertz CT molecular complexity index is 1090. The molecule has 0 aliphatic heterocycles. The van der Waals surface area contributed by atoms with Crippen molar-refractivity contribution in [1.29, 1.82) is 0 Å². The van der Waals surface area contributed by atoms with Crippen molar-refractivity contribution in [1.82, 2.24) is 0 Å². The van der Waals surface area contributed by atoms with Gasteiger partial charge in [0, 0.05) is 19.3 Å². The lowest BCUT2D eigenvalue weighted by Gasteiger charge is -2.18. The van der Waals surface area contributed by atoms with E-state index in [4.69, 9.17) is 29.5 Å². The molecule has 0 aromatic rings. The number of aliphatic hydroxyl groups is 3. The molecule has 0 aromatic carbocycles. The second-order valence-corrected chi connectivity index (χ2v) is 19.5. The van der Waals surface area contributed by atoms with Crippen molar-refractivity contribution in [2.45, 2.75) is 303 Å². The average molecular weight is 978 g/mol. The van der Waals surface area contributed by atoms with Crippen LogP contribution in [0.1, 0.15) is 290 Å². The van der Waals surface area contributed by atoms with Crippen LogP contribution in [0.5, 0.6) is 0 Å². The highest BCUT2D eigenvalue weighted by molar-refractivity contribution is 5.71. The fourth-order valence-electron chi connectivity index (χ4n) is 7.96. The Kier molecular flexibility index (Phi) is 59.5. The molecule has 0 aliphatic rings. The summed E-state index contributed by atoms with van der Waals surface area (Å²) in [5.41, 5.74) is 0. The molecule has 3 N–H and O–H groups in total. The van der Waals surface area contributed by atoms with Crippen molar-refractivity contribution in [3.05, 3.63) is 36.5 Å². The molecular formula is C60H112O9. The third kappa shape index (κ3) is 59.7. The first kappa shape index (κ1) is 68.6. The number of esters is 3. The van der Waals surface area contributed by atoms with Gasteiger partial charge in [0.2, 0.25) is 0 Å². The fraction of sp³-hybridized carbons (Fsp3) is 0.850. The van der Waals surface area contributed by atoms with E-state index in [-0.39, 0.29) is 44.3 Å². The number of unbranched alkanes of at least 4 members (excludes halogenated alkanes) is 33. The first-order valence-corrected chi connectivity index (χ1v) is 29.2. The van der Waals surface area contributed by atoms with E-state index >= 15 is 0 Å². The molecule has 0 saturated heterocycles. The summed E-state index contributed by atoms with van der Waals surface area (Å²) < 4.78 is 16.8. The van der Waals surface area contributed by atoms with Gasteiger partial charge in [0.15, 0.2) is 6.10 Å². The third-order valence-corrected chi connectivity index (χ3v) is 12.5. The third-order valence-electron chi connectivity index (χ3n) is 12.5. The van der Waals surface area contributed by atoms with Crippen molar-refractivity contribution in [2.75, 3.05) is 26.4 Å². The van der Waals surface area contributed by atoms with Gasteiger partial charge in [-0.2, -0.15) is 0 Å². The number of carbonyl (C=O) groups excluding carboxylic acids is 3. The van der Waals surface area contributed by atoms with Crippen LogP contribution in [0, 0.1) is 0 Å². The molecule has 0 amide bonds. The summed E-state index contributed by atoms with van der Waals surface area (Å²) in [6, 6.07) is 0. The minimum Gasteiger partial charge on any atom is -0.462 e. The summed E-state index contributed by atoms with van der Waals surface area (Å²) in [6.45, 7) is 5.90. The van der Waals surface area contributed by atoms with Crippen LogP contribution in [0.4, 0.5) is 0 Å². The second-order valence-electron chi connectivity index (χ2n) is 19.5. The van der Waals surface area contributed by atoms with Crippen LogP contribution in [-0.4, -0.2) is 71.9 Å². The quantitative estimate of drug-likeness (QED) is 0.0235. The van der Waals surface area contributed by atoms with E-state index in [2.05, 4.69) is 57.2 Å². The van der Waals surface area contributed by atoms with Crippen LogP contribution in [-0.2, 0) is 28.6 Å². The van der Waals surface area contributed by atoms with E-state index in [1.54, 1.807) is 0 Å². The van der Waals surface area contributed by atoms with Gasteiger partial charge in [-0.1, -0.05) is 211 Å². The Morgan fingerprint density at radius 2 is 0.580 bits per heavy atom. The summed E-state index contributed by atoms with van der Waals surface area (Å²) >= 11 is 0. The van der Waals surface area contributed by atoms with Gasteiger partial charge in [0.05, 0.1) is 13.2 Å². The standard InChI is InChI=1S/C57H104O6.C3H8O3/c1-4-7-10-13-16-19-22-25-28-31-34-37-40-43-46-49-55(58)61-52-54(63-57(60)51-48-45-42-39-36-33-30-27-24-21-18-15-12-9-6-3)53-62-56(59)50-47-44-41-38-35-32-29-26-23-20-17-14-11-8-5-2;4-1-3(6)2-5/h25-30,54H,4-24,31-53H2,1-3H3;3-6H,1-2H2/b28-25-,29-26-,30-27-;. The van der Waals surface area contributed by atoms with Gasteiger partial charge in [-0.25, -0.2) is 0 Å². The first-order chi connectivity index (χ1) is 33.8. The molecule has 69 heavy (non-hydrogen) atoms. The molecule has 0 rings (SSSR count). The van der Waals surface area contributed by atoms with E-state index in [1.165, 1.54) is 173 Å². The lowest BCUT2D eigenvalue weighted by atomic mass is 10.1. The highest BCUT2D eigenvalue weighted by atomic mass is 16.6. The maximum Gasteiger partial charge on any atom is 0.306 e. The predicted molar refractivity (Wildman–Crippen MR) is 290 cm³/mol. The normalized spacial score (nSPS) is 11.7. The molecule has 0 radical (unpaired) electrons. The van der Waals surface area contributed by atoms with Crippen molar-refractivity contribution in [3.8, 4) is 0 Å². The van der Waals surface area contributed by atoms with Gasteiger partial charge in [-0.05, 0) is 96.3 Å². The van der Waals surface area contributed by atoms with Crippen molar-refractivity contribution in [3.63, 3.8) is 0 Å². The fourth-order valence-corrected chi connectivity index (χ4v) is 7.96. The molecule has 0 aliphatic carbocycles. The molecule has 0 spiro atoms. The SMILES string of the molecule is CCCCCCCC/C=C\CCCCCCCC(=O)OCC(COC(=O)CCCCCCC/C=C\CCCCCCCC)OC(=O)CCCCCCC/C=C\CCCCCCCC.OCC(O)CO. The van der Waals surface area contributed by atoms with E-state index in [1.807, 2.05) is 0 Å². The Morgan fingerprint density at radius 1 is 0.348 bits per heavy atom. The summed E-state index contributed by atoms with van der Waals surface area (Å²) in [5, 5.41) is 24.0. The van der Waals surface area contributed by atoms with Crippen LogP contribution >= 0.6 is 0 Å². The van der Waals surface area contributed by atoms with Gasteiger partial charge >= 0.3 is 17.9 Å². The zero-order chi connectivity index (χ0) is 50.8. The molecular weight excluding hydrogens is 865 g/mol. The molecule has 0 aromatic heterocycles. The van der Waals surface area contributed by atoms with Gasteiger partial charge in [-0.15, -0.1) is 0 Å². The van der Waals surface area contributed by atoms with Gasteiger partial charge in [0.25, 0.3) is 0 Å². The predicted octanol–water partition coefficient (Wildman–Crippen LogP) is 16.4. The van der Waals surface area contributed by atoms with E-state index in [0.717, 1.165) is 77.0 Å². The lowest BCUT2D eigenvalue weighted by Crippen LogP contribution is -2.30. The highest BCUT2D eigenvalue weighted by Gasteiger charge is 2.19. The van der Waals surface area contributed by atoms with Crippen molar-refractivity contribution in [2.24, 2.45) is 0 Å². The Hall–Kier alpha value is -2.49. The lowest BCUT2D eigenvalue weighted by molar-refractivity contribution is -0.167. The maximum atomic E-state index is 12.8. The van der Waals surface area contributed by atoms with Crippen LogP contribution < -0.4 is 0 Å². The monoisotopic (exact) mass is 977 g/mol. The van der Waals surface area contributed by atoms with E-state index in [0.29, 0.717) is 19.3 Å². The Morgan fingerprint density at radius 3 is 0.826 bits per heavy atom. The van der Waals surface area contributed by atoms with E-state index in [9.17, 15) is 14.4 Å². The molecule has 9 nitrogen and oxygen atoms in total. The Balaban J connectivity index is 0. The summed E-state index contributed by atoms with van der Waals surface area (Å²) in [5.74, 6) is -0.893. The molecule has 0 bridgehead atoms. The summed E-state index contributed by atoms with van der Waals surface area (Å²) in [6.07, 6.45) is 60.3. The zero-order valence-electron chi connectivity index (χ0n) is 45.4. The smallest absolute Gasteiger partial charge is 0.306 e. The number of rotatable bonds is 52.